The zero-order valence-electron chi connectivity index (χ0n) is 25.7. The Morgan fingerprint density at radius 1 is 1.00 bits per heavy atom. The Bertz CT molecular complexity index is 1340. The summed E-state index contributed by atoms with van der Waals surface area (Å²) < 4.78 is 42.2. The van der Waals surface area contributed by atoms with Crippen molar-refractivity contribution in [3.8, 4) is 0 Å². The third-order valence-corrected chi connectivity index (χ3v) is 8.45. The highest BCUT2D eigenvalue weighted by Crippen LogP contribution is 2.28. The van der Waals surface area contributed by atoms with E-state index in [4.69, 9.17) is 0 Å². The molecule has 1 saturated carbocycles. The van der Waals surface area contributed by atoms with Gasteiger partial charge in [-0.25, -0.2) is 13.2 Å². The first-order chi connectivity index (χ1) is 21.5. The highest BCUT2D eigenvalue weighted by atomic mass is 19.3. The quantitative estimate of drug-likeness (QED) is 0.330. The zero-order valence-corrected chi connectivity index (χ0v) is 25.7. The number of piperazine rings is 1. The van der Waals surface area contributed by atoms with Gasteiger partial charge in [0.25, 0.3) is 12.3 Å². The number of halogens is 3. The van der Waals surface area contributed by atoms with Gasteiger partial charge in [0.15, 0.2) is 0 Å². The molecule has 246 valence electrons. The van der Waals surface area contributed by atoms with Gasteiger partial charge in [0.2, 0.25) is 17.7 Å². The SMILES string of the molecule is CCC(=O)N[C@H](Cc1ccc(NC(=O)[C@@H](NC(=O)c2ccnn2CC(F)F)C2CCCCC2)c(F)c1)C(=O)N1CCN(C)CC1. The first-order valence-corrected chi connectivity index (χ1v) is 15.5. The number of carbonyl (C=O) groups is 4. The molecule has 1 aliphatic carbocycles. The fourth-order valence-corrected chi connectivity index (χ4v) is 5.86. The lowest BCUT2D eigenvalue weighted by Gasteiger charge is -2.34. The molecule has 1 aromatic carbocycles. The second kappa shape index (κ2) is 15.9. The van der Waals surface area contributed by atoms with Gasteiger partial charge in [-0.3, -0.25) is 23.9 Å². The fourth-order valence-electron chi connectivity index (χ4n) is 5.86. The number of likely N-dealkylation sites (N-methyl/N-ethyl adjacent to an activating group) is 1. The van der Waals surface area contributed by atoms with Crippen molar-refractivity contribution < 1.29 is 32.3 Å². The molecule has 1 aliphatic heterocycles. The Morgan fingerprint density at radius 2 is 1.71 bits per heavy atom. The summed E-state index contributed by atoms with van der Waals surface area (Å²) in [5, 5.41) is 11.8. The molecular weight excluding hydrogens is 591 g/mol. The van der Waals surface area contributed by atoms with Crippen molar-refractivity contribution in [1.29, 1.82) is 0 Å². The van der Waals surface area contributed by atoms with Crippen molar-refractivity contribution in [2.45, 2.75) is 76.9 Å². The first kappa shape index (κ1) is 33.9. The monoisotopic (exact) mass is 633 g/mol. The maximum atomic E-state index is 15.4. The summed E-state index contributed by atoms with van der Waals surface area (Å²) in [7, 11) is 1.97. The van der Waals surface area contributed by atoms with E-state index in [-0.39, 0.29) is 42.0 Å². The average molecular weight is 634 g/mol. The third-order valence-electron chi connectivity index (χ3n) is 8.45. The van der Waals surface area contributed by atoms with Crippen LogP contribution in [0.1, 0.15) is 61.5 Å². The zero-order chi connectivity index (χ0) is 32.5. The van der Waals surface area contributed by atoms with Crippen molar-refractivity contribution in [3.05, 3.63) is 47.5 Å². The molecule has 0 spiro atoms. The number of hydrogen-bond donors (Lipinski definition) is 3. The van der Waals surface area contributed by atoms with E-state index in [2.05, 4.69) is 25.9 Å². The molecule has 2 atom stereocenters. The van der Waals surface area contributed by atoms with Crippen LogP contribution < -0.4 is 16.0 Å². The minimum atomic E-state index is -2.72. The van der Waals surface area contributed by atoms with Gasteiger partial charge >= 0.3 is 0 Å². The number of nitrogens with zero attached hydrogens (tertiary/aromatic N) is 4. The van der Waals surface area contributed by atoms with Crippen LogP contribution in [0.5, 0.6) is 0 Å². The molecule has 0 unspecified atom stereocenters. The third kappa shape index (κ3) is 9.28. The predicted molar refractivity (Wildman–Crippen MR) is 161 cm³/mol. The highest BCUT2D eigenvalue weighted by Gasteiger charge is 2.33. The summed E-state index contributed by atoms with van der Waals surface area (Å²) in [4.78, 5) is 55.9. The molecule has 4 amide bonds. The molecule has 2 aliphatic rings. The molecule has 11 nitrogen and oxygen atoms in total. The number of nitrogens with one attached hydrogen (secondary N) is 3. The number of aromatic nitrogens is 2. The molecule has 1 aromatic heterocycles. The maximum Gasteiger partial charge on any atom is 0.270 e. The lowest BCUT2D eigenvalue weighted by Crippen LogP contribution is -2.54. The van der Waals surface area contributed by atoms with E-state index in [9.17, 15) is 28.0 Å². The topological polar surface area (TPSA) is 129 Å². The van der Waals surface area contributed by atoms with Gasteiger partial charge in [0.1, 0.15) is 30.1 Å². The van der Waals surface area contributed by atoms with Crippen molar-refractivity contribution in [2.75, 3.05) is 38.5 Å². The Labute approximate surface area is 260 Å². The number of alkyl halides is 2. The summed E-state index contributed by atoms with van der Waals surface area (Å²) in [6.07, 6.45) is 2.83. The number of carbonyl (C=O) groups excluding carboxylic acids is 4. The van der Waals surface area contributed by atoms with Gasteiger partial charge in [0, 0.05) is 45.2 Å². The molecular formula is C31H42F3N7O4. The number of anilines is 1. The van der Waals surface area contributed by atoms with E-state index in [1.807, 2.05) is 7.05 Å². The van der Waals surface area contributed by atoms with Crippen LogP contribution in [0.3, 0.4) is 0 Å². The van der Waals surface area contributed by atoms with Gasteiger partial charge in [0.05, 0.1) is 5.69 Å². The molecule has 3 N–H and O–H groups in total. The van der Waals surface area contributed by atoms with Crippen LogP contribution in [-0.4, -0.2) is 94.9 Å². The van der Waals surface area contributed by atoms with Gasteiger partial charge in [-0.1, -0.05) is 32.3 Å². The van der Waals surface area contributed by atoms with E-state index < -0.39 is 42.7 Å². The second-order valence-corrected chi connectivity index (χ2v) is 11.7. The van der Waals surface area contributed by atoms with Crippen molar-refractivity contribution >= 4 is 29.3 Å². The standard InChI is InChI=1S/C31H42F3N7O4/c1-3-27(42)36-24(31(45)40-15-13-39(2)14-16-40)18-20-9-10-23(22(32)17-20)37-30(44)28(21-7-5-4-6-8-21)38-29(43)25-11-12-35-41(25)19-26(33)34/h9-12,17,21,24,26,28H,3-8,13-16,18-19H2,1-2H3,(H,36,42)(H,37,44)(H,38,43)/t24-,28+/m1/s1. The number of hydrogen-bond acceptors (Lipinski definition) is 6. The largest absolute Gasteiger partial charge is 0.344 e. The first-order valence-electron chi connectivity index (χ1n) is 15.5. The Kier molecular flexibility index (Phi) is 12.0. The van der Waals surface area contributed by atoms with Crippen LogP contribution in [0.25, 0.3) is 0 Å². The molecule has 14 heteroatoms. The average Bonchev–Trinajstić information content (AvgIpc) is 3.48. The summed E-state index contributed by atoms with van der Waals surface area (Å²) in [6, 6.07) is 3.59. The highest BCUT2D eigenvalue weighted by molar-refractivity contribution is 6.00. The summed E-state index contributed by atoms with van der Waals surface area (Å²) in [5.74, 6) is -2.83. The molecule has 0 radical (unpaired) electrons. The number of amides is 4. The fraction of sp³-hybridized carbons (Fsp3) is 0.581. The summed E-state index contributed by atoms with van der Waals surface area (Å²) >= 11 is 0. The van der Waals surface area contributed by atoms with Crippen LogP contribution in [0.2, 0.25) is 0 Å². The lowest BCUT2D eigenvalue weighted by molar-refractivity contribution is -0.137. The van der Waals surface area contributed by atoms with Crippen molar-refractivity contribution in [3.63, 3.8) is 0 Å². The molecule has 1 saturated heterocycles. The van der Waals surface area contributed by atoms with E-state index in [0.717, 1.165) is 23.9 Å². The molecule has 0 bridgehead atoms. The van der Waals surface area contributed by atoms with Crippen LogP contribution in [0.15, 0.2) is 30.5 Å². The van der Waals surface area contributed by atoms with Crippen molar-refractivity contribution in [1.82, 2.24) is 30.2 Å². The smallest absolute Gasteiger partial charge is 0.270 e. The summed E-state index contributed by atoms with van der Waals surface area (Å²) in [5.41, 5.74) is 0.246. The van der Waals surface area contributed by atoms with Gasteiger partial charge in [-0.05, 0) is 49.6 Å². The van der Waals surface area contributed by atoms with Gasteiger partial charge in [-0.2, -0.15) is 5.10 Å². The molecule has 2 aromatic rings. The summed E-state index contributed by atoms with van der Waals surface area (Å²) in [6.45, 7) is 3.40. The molecule has 2 fully saturated rings. The molecule has 4 rings (SSSR count). The van der Waals surface area contributed by atoms with Crippen LogP contribution in [0.4, 0.5) is 18.9 Å². The lowest BCUT2D eigenvalue weighted by atomic mass is 9.83. The molecule has 45 heavy (non-hydrogen) atoms. The Morgan fingerprint density at radius 3 is 2.36 bits per heavy atom. The minimum absolute atomic E-state index is 0.0646. The Balaban J connectivity index is 1.47. The molecule has 2 heterocycles. The van der Waals surface area contributed by atoms with E-state index >= 15 is 4.39 Å². The van der Waals surface area contributed by atoms with E-state index in [1.165, 1.54) is 24.4 Å². The normalized spacial score (nSPS) is 17.5. The predicted octanol–water partition coefficient (Wildman–Crippen LogP) is 2.82. The number of benzene rings is 1. The van der Waals surface area contributed by atoms with Gasteiger partial charge in [-0.15, -0.1) is 0 Å². The number of rotatable bonds is 12. The Hall–Kier alpha value is -3.94. The van der Waals surface area contributed by atoms with E-state index in [0.29, 0.717) is 44.6 Å². The second-order valence-electron chi connectivity index (χ2n) is 11.7. The maximum absolute atomic E-state index is 15.4. The van der Waals surface area contributed by atoms with Crippen LogP contribution in [-0.2, 0) is 27.3 Å². The van der Waals surface area contributed by atoms with E-state index in [1.54, 1.807) is 17.9 Å². The van der Waals surface area contributed by atoms with Crippen LogP contribution >= 0.6 is 0 Å². The minimum Gasteiger partial charge on any atom is -0.344 e. The van der Waals surface area contributed by atoms with Crippen LogP contribution in [0, 0.1) is 11.7 Å². The van der Waals surface area contributed by atoms with Crippen molar-refractivity contribution in [2.24, 2.45) is 5.92 Å². The van der Waals surface area contributed by atoms with Gasteiger partial charge < -0.3 is 25.8 Å².